The van der Waals surface area contributed by atoms with Crippen LogP contribution in [0.15, 0.2) is 65.6 Å². The molecule has 4 rings (SSSR count). The Morgan fingerprint density at radius 3 is 2.29 bits per heavy atom. The number of carbonyl (C=O) groups is 1. The highest BCUT2D eigenvalue weighted by molar-refractivity contribution is 7.89. The molecule has 2 aliphatic heterocycles. The molecule has 0 aliphatic carbocycles. The molecule has 0 N–H and O–H groups in total. The molecule has 7 heteroatoms. The molecular weight excluding hydrogens is 410 g/mol. The van der Waals surface area contributed by atoms with Crippen molar-refractivity contribution in [1.82, 2.24) is 14.1 Å². The number of amides is 1. The lowest BCUT2D eigenvalue weighted by Crippen LogP contribution is -2.48. The van der Waals surface area contributed by atoms with Gasteiger partial charge in [0.1, 0.15) is 0 Å². The fourth-order valence-electron chi connectivity index (χ4n) is 4.09. The van der Waals surface area contributed by atoms with E-state index in [1.807, 2.05) is 23.1 Å². The third-order valence-electron chi connectivity index (χ3n) is 5.92. The first-order valence-corrected chi connectivity index (χ1v) is 12.3. The van der Waals surface area contributed by atoms with Crippen LogP contribution in [0.4, 0.5) is 0 Å². The average Bonchev–Trinajstić information content (AvgIpc) is 3.36. The van der Waals surface area contributed by atoms with Crippen LogP contribution in [0.1, 0.15) is 28.8 Å². The molecule has 2 aromatic rings. The van der Waals surface area contributed by atoms with Gasteiger partial charge in [-0.25, -0.2) is 8.42 Å². The Morgan fingerprint density at radius 1 is 0.871 bits per heavy atom. The summed E-state index contributed by atoms with van der Waals surface area (Å²) in [6.07, 6.45) is 6.05. The second-order valence-corrected chi connectivity index (χ2v) is 9.98. The maximum absolute atomic E-state index is 13.0. The fourth-order valence-corrected chi connectivity index (χ4v) is 5.65. The van der Waals surface area contributed by atoms with Gasteiger partial charge in [0.15, 0.2) is 0 Å². The van der Waals surface area contributed by atoms with Crippen molar-refractivity contribution in [2.75, 3.05) is 45.8 Å². The first-order valence-electron chi connectivity index (χ1n) is 10.9. The van der Waals surface area contributed by atoms with Crippen LogP contribution in [-0.2, 0) is 10.0 Å². The highest BCUT2D eigenvalue weighted by atomic mass is 32.2. The molecule has 2 fully saturated rings. The monoisotopic (exact) mass is 439 g/mol. The Bertz CT molecular complexity index is 1020. The van der Waals surface area contributed by atoms with Gasteiger partial charge in [0.25, 0.3) is 5.91 Å². The maximum atomic E-state index is 13.0. The summed E-state index contributed by atoms with van der Waals surface area (Å²) in [4.78, 5) is 17.3. The van der Waals surface area contributed by atoms with Crippen LogP contribution in [-0.4, -0.2) is 74.2 Å². The molecule has 2 saturated heterocycles. The Hall–Kier alpha value is -2.48. The molecule has 164 valence electrons. The molecule has 2 aromatic carbocycles. The largest absolute Gasteiger partial charge is 0.336 e. The van der Waals surface area contributed by atoms with E-state index in [2.05, 4.69) is 29.2 Å². The second-order valence-electron chi connectivity index (χ2n) is 8.04. The number of nitrogens with zero attached hydrogens (tertiary/aromatic N) is 3. The predicted molar refractivity (Wildman–Crippen MR) is 122 cm³/mol. The lowest BCUT2D eigenvalue weighted by atomic mass is 10.1. The van der Waals surface area contributed by atoms with Crippen molar-refractivity contribution in [3.05, 3.63) is 71.8 Å². The third kappa shape index (κ3) is 5.23. The lowest BCUT2D eigenvalue weighted by molar-refractivity contribution is 0.0650. The summed E-state index contributed by atoms with van der Waals surface area (Å²) in [5.74, 6) is -0.0991. The minimum Gasteiger partial charge on any atom is -0.336 e. The Morgan fingerprint density at radius 2 is 1.58 bits per heavy atom. The van der Waals surface area contributed by atoms with Gasteiger partial charge in [-0.2, -0.15) is 4.31 Å². The number of piperazine rings is 1. The highest BCUT2D eigenvalue weighted by Gasteiger charge is 2.28. The van der Waals surface area contributed by atoms with Gasteiger partial charge in [-0.1, -0.05) is 48.6 Å². The van der Waals surface area contributed by atoms with Gasteiger partial charge in [0.05, 0.1) is 4.90 Å². The number of benzene rings is 2. The smallest absolute Gasteiger partial charge is 0.253 e. The number of carbonyl (C=O) groups excluding carboxylic acids is 1. The van der Waals surface area contributed by atoms with Crippen LogP contribution in [0.3, 0.4) is 0 Å². The number of hydrogen-bond acceptors (Lipinski definition) is 4. The number of sulfonamides is 1. The number of rotatable bonds is 6. The van der Waals surface area contributed by atoms with E-state index in [1.54, 1.807) is 18.2 Å². The van der Waals surface area contributed by atoms with Crippen LogP contribution in [0.5, 0.6) is 0 Å². The lowest BCUT2D eigenvalue weighted by Gasteiger charge is -2.34. The Balaban J connectivity index is 1.34. The van der Waals surface area contributed by atoms with E-state index in [9.17, 15) is 13.2 Å². The van der Waals surface area contributed by atoms with Crippen molar-refractivity contribution in [2.24, 2.45) is 0 Å². The van der Waals surface area contributed by atoms with E-state index < -0.39 is 10.0 Å². The molecule has 2 heterocycles. The van der Waals surface area contributed by atoms with Crippen LogP contribution in [0.25, 0.3) is 6.08 Å². The van der Waals surface area contributed by atoms with E-state index in [0.717, 1.165) is 32.5 Å². The van der Waals surface area contributed by atoms with Crippen LogP contribution in [0.2, 0.25) is 0 Å². The quantitative estimate of drug-likeness (QED) is 0.694. The van der Waals surface area contributed by atoms with Gasteiger partial charge < -0.3 is 4.90 Å². The van der Waals surface area contributed by atoms with Gasteiger partial charge >= 0.3 is 0 Å². The van der Waals surface area contributed by atoms with Crippen molar-refractivity contribution in [3.63, 3.8) is 0 Å². The van der Waals surface area contributed by atoms with E-state index in [0.29, 0.717) is 31.7 Å². The molecule has 2 aliphatic rings. The van der Waals surface area contributed by atoms with Crippen molar-refractivity contribution < 1.29 is 13.2 Å². The minimum absolute atomic E-state index is 0.0991. The van der Waals surface area contributed by atoms with Crippen molar-refractivity contribution in [2.45, 2.75) is 17.7 Å². The summed E-state index contributed by atoms with van der Waals surface area (Å²) in [5.41, 5.74) is 1.62. The zero-order chi connectivity index (χ0) is 21.7. The van der Waals surface area contributed by atoms with Crippen molar-refractivity contribution in [3.8, 4) is 0 Å². The molecule has 0 saturated carbocycles. The topological polar surface area (TPSA) is 60.9 Å². The summed E-state index contributed by atoms with van der Waals surface area (Å²) in [6, 6.07) is 16.7. The highest BCUT2D eigenvalue weighted by Crippen LogP contribution is 2.22. The van der Waals surface area contributed by atoms with Crippen molar-refractivity contribution in [1.29, 1.82) is 0 Å². The van der Waals surface area contributed by atoms with E-state index in [4.69, 9.17) is 0 Å². The van der Waals surface area contributed by atoms with Gasteiger partial charge in [0.2, 0.25) is 10.0 Å². The first-order chi connectivity index (χ1) is 15.0. The van der Waals surface area contributed by atoms with Gasteiger partial charge in [-0.05, 0) is 36.6 Å². The molecule has 0 aromatic heterocycles. The molecule has 6 nitrogen and oxygen atoms in total. The predicted octanol–water partition coefficient (Wildman–Crippen LogP) is 2.94. The third-order valence-corrected chi connectivity index (χ3v) is 7.81. The zero-order valence-electron chi connectivity index (χ0n) is 17.7. The van der Waals surface area contributed by atoms with Crippen LogP contribution < -0.4 is 0 Å². The SMILES string of the molecule is O=C(c1cccc(S(=O)(=O)N2CCCC2)c1)N1CCN(CC=Cc2ccccc2)CC1. The summed E-state index contributed by atoms with van der Waals surface area (Å²) in [7, 11) is -3.52. The summed E-state index contributed by atoms with van der Waals surface area (Å²) < 4.78 is 27.2. The van der Waals surface area contributed by atoms with Gasteiger partial charge in [-0.15, -0.1) is 0 Å². The molecule has 0 bridgehead atoms. The van der Waals surface area contributed by atoms with Crippen LogP contribution in [0, 0.1) is 0 Å². The Kier molecular flexibility index (Phi) is 6.85. The molecule has 31 heavy (non-hydrogen) atoms. The summed E-state index contributed by atoms with van der Waals surface area (Å²) in [6.45, 7) is 4.85. The molecule has 0 spiro atoms. The first kappa shape index (κ1) is 21.7. The fraction of sp³-hybridized carbons (Fsp3) is 0.375. The standard InChI is InChI=1S/C24H29N3O3S/c28-24(22-11-6-12-23(20-22)31(29,30)27-14-4-5-15-27)26-18-16-25(17-19-26)13-7-10-21-8-2-1-3-9-21/h1-3,6-12,20H,4-5,13-19H2. The molecular formula is C24H29N3O3S. The Labute approximate surface area is 184 Å². The number of hydrogen-bond donors (Lipinski definition) is 0. The zero-order valence-corrected chi connectivity index (χ0v) is 18.5. The van der Waals surface area contributed by atoms with Crippen molar-refractivity contribution >= 4 is 22.0 Å². The summed E-state index contributed by atoms with van der Waals surface area (Å²) >= 11 is 0. The summed E-state index contributed by atoms with van der Waals surface area (Å²) in [5, 5.41) is 0. The van der Waals surface area contributed by atoms with Gasteiger partial charge in [-0.3, -0.25) is 9.69 Å². The van der Waals surface area contributed by atoms with Gasteiger partial charge in [0, 0.05) is 51.4 Å². The normalized spacial score (nSPS) is 18.6. The van der Waals surface area contributed by atoms with E-state index in [-0.39, 0.29) is 10.8 Å². The average molecular weight is 440 g/mol. The minimum atomic E-state index is -3.52. The van der Waals surface area contributed by atoms with E-state index in [1.165, 1.54) is 15.9 Å². The molecule has 0 unspecified atom stereocenters. The second kappa shape index (κ2) is 9.77. The maximum Gasteiger partial charge on any atom is 0.253 e. The molecule has 0 atom stereocenters. The van der Waals surface area contributed by atoms with Crippen LogP contribution >= 0.6 is 0 Å². The van der Waals surface area contributed by atoms with E-state index >= 15 is 0 Å². The molecule has 0 radical (unpaired) electrons. The molecule has 1 amide bonds.